The molecule has 2 saturated heterocycles. The maximum Gasteiger partial charge on any atom is 0.161 e. The van der Waals surface area contributed by atoms with Crippen LogP contribution in [0.15, 0.2) is 0 Å². The summed E-state index contributed by atoms with van der Waals surface area (Å²) in [7, 11) is 0. The molecule has 0 aromatic carbocycles. The fourth-order valence-electron chi connectivity index (χ4n) is 2.39. The highest BCUT2D eigenvalue weighted by molar-refractivity contribution is 5.81. The summed E-state index contributed by atoms with van der Waals surface area (Å²) in [5.41, 5.74) is 0. The second kappa shape index (κ2) is 5.72. The number of carbonyl (C=O) groups excluding carboxylic acids is 1. The van der Waals surface area contributed by atoms with Crippen molar-refractivity contribution in [2.45, 2.75) is 13.1 Å². The molecule has 2 fully saturated rings. The van der Waals surface area contributed by atoms with Crippen molar-refractivity contribution in [3.8, 4) is 0 Å². The van der Waals surface area contributed by atoms with E-state index < -0.39 is 0 Å². The first-order valence-electron chi connectivity index (χ1n) is 5.93. The Kier molecular flexibility index (Phi) is 4.29. The summed E-state index contributed by atoms with van der Waals surface area (Å²) in [6, 6.07) is 0. The summed E-state index contributed by atoms with van der Waals surface area (Å²) in [5.74, 6) is 0.226. The summed E-state index contributed by atoms with van der Waals surface area (Å²) >= 11 is 0. The highest BCUT2D eigenvalue weighted by atomic mass is 16.5. The van der Waals surface area contributed by atoms with Gasteiger partial charge in [0.15, 0.2) is 5.78 Å². The van der Waals surface area contributed by atoms with Gasteiger partial charge in [0.1, 0.15) is 6.17 Å². The minimum absolute atomic E-state index is 0.0761. The molecule has 5 heteroatoms. The topological polar surface area (TPSA) is 42.0 Å². The van der Waals surface area contributed by atoms with E-state index in [0.29, 0.717) is 0 Å². The predicted octanol–water partition coefficient (Wildman–Crippen LogP) is -0.434. The van der Waals surface area contributed by atoms with E-state index in [0.717, 1.165) is 52.6 Å². The van der Waals surface area contributed by atoms with Crippen LogP contribution >= 0.6 is 0 Å². The van der Waals surface area contributed by atoms with Crippen molar-refractivity contribution < 1.29 is 14.3 Å². The summed E-state index contributed by atoms with van der Waals surface area (Å²) in [6.45, 7) is 7.99. The predicted molar refractivity (Wildman–Crippen MR) is 59.3 cm³/mol. The Morgan fingerprint density at radius 2 is 1.31 bits per heavy atom. The van der Waals surface area contributed by atoms with Crippen LogP contribution in [0.3, 0.4) is 0 Å². The number of hydrogen-bond acceptors (Lipinski definition) is 5. The van der Waals surface area contributed by atoms with Crippen LogP contribution in [-0.4, -0.2) is 74.4 Å². The Hall–Kier alpha value is -0.490. The third-order valence-corrected chi connectivity index (χ3v) is 3.15. The largest absolute Gasteiger partial charge is 0.379 e. The van der Waals surface area contributed by atoms with E-state index in [4.69, 9.17) is 9.47 Å². The normalized spacial score (nSPS) is 24.9. The zero-order chi connectivity index (χ0) is 11.4. The SMILES string of the molecule is CC(=O)C(N1CCOCC1)N1CCOCC1. The van der Waals surface area contributed by atoms with E-state index >= 15 is 0 Å². The minimum atomic E-state index is -0.0761. The number of rotatable bonds is 3. The van der Waals surface area contributed by atoms with Crippen molar-refractivity contribution in [1.29, 1.82) is 0 Å². The molecule has 0 amide bonds. The Morgan fingerprint density at radius 3 is 1.62 bits per heavy atom. The smallest absolute Gasteiger partial charge is 0.161 e. The molecule has 0 bridgehead atoms. The zero-order valence-corrected chi connectivity index (χ0v) is 9.85. The van der Waals surface area contributed by atoms with Crippen LogP contribution in [0.4, 0.5) is 0 Å². The van der Waals surface area contributed by atoms with Crippen molar-refractivity contribution in [3.05, 3.63) is 0 Å². The molecule has 0 saturated carbocycles. The van der Waals surface area contributed by atoms with Crippen molar-refractivity contribution in [2.75, 3.05) is 52.6 Å². The van der Waals surface area contributed by atoms with Gasteiger partial charge in [0.2, 0.25) is 0 Å². The fourth-order valence-corrected chi connectivity index (χ4v) is 2.39. The van der Waals surface area contributed by atoms with Gasteiger partial charge in [-0.15, -0.1) is 0 Å². The van der Waals surface area contributed by atoms with Crippen LogP contribution in [-0.2, 0) is 14.3 Å². The van der Waals surface area contributed by atoms with E-state index in [1.54, 1.807) is 6.92 Å². The Labute approximate surface area is 96.3 Å². The van der Waals surface area contributed by atoms with Gasteiger partial charge in [0.25, 0.3) is 0 Å². The second-order valence-corrected chi connectivity index (χ2v) is 4.28. The van der Waals surface area contributed by atoms with Gasteiger partial charge in [-0.05, 0) is 6.92 Å². The molecule has 2 aliphatic heterocycles. The van der Waals surface area contributed by atoms with Crippen molar-refractivity contribution in [1.82, 2.24) is 9.80 Å². The molecule has 0 atom stereocenters. The summed E-state index contributed by atoms with van der Waals surface area (Å²) in [4.78, 5) is 16.2. The first kappa shape index (κ1) is 12.0. The van der Waals surface area contributed by atoms with Gasteiger partial charge in [0.05, 0.1) is 26.4 Å². The minimum Gasteiger partial charge on any atom is -0.379 e. The molecular weight excluding hydrogens is 208 g/mol. The average molecular weight is 228 g/mol. The van der Waals surface area contributed by atoms with Gasteiger partial charge in [-0.1, -0.05) is 0 Å². The first-order valence-corrected chi connectivity index (χ1v) is 5.93. The molecule has 92 valence electrons. The molecule has 2 rings (SSSR count). The van der Waals surface area contributed by atoms with Crippen LogP contribution < -0.4 is 0 Å². The molecule has 2 heterocycles. The molecule has 0 aliphatic carbocycles. The van der Waals surface area contributed by atoms with E-state index in [1.807, 2.05) is 0 Å². The lowest BCUT2D eigenvalue weighted by Crippen LogP contribution is -2.58. The van der Waals surface area contributed by atoms with Crippen LogP contribution in [0.25, 0.3) is 0 Å². The summed E-state index contributed by atoms with van der Waals surface area (Å²) in [5, 5.41) is 0. The van der Waals surface area contributed by atoms with Crippen molar-refractivity contribution in [2.24, 2.45) is 0 Å². The molecule has 0 N–H and O–H groups in total. The molecule has 0 unspecified atom stereocenters. The van der Waals surface area contributed by atoms with E-state index in [-0.39, 0.29) is 11.9 Å². The molecule has 0 spiro atoms. The number of nitrogens with zero attached hydrogens (tertiary/aromatic N) is 2. The van der Waals surface area contributed by atoms with Gasteiger partial charge in [0, 0.05) is 26.2 Å². The monoisotopic (exact) mass is 228 g/mol. The number of ether oxygens (including phenoxy) is 2. The lowest BCUT2D eigenvalue weighted by Gasteiger charge is -2.41. The Morgan fingerprint density at radius 1 is 0.938 bits per heavy atom. The van der Waals surface area contributed by atoms with Gasteiger partial charge < -0.3 is 9.47 Å². The van der Waals surface area contributed by atoms with Crippen LogP contribution in [0.2, 0.25) is 0 Å². The lowest BCUT2D eigenvalue weighted by atomic mass is 10.2. The summed E-state index contributed by atoms with van der Waals surface area (Å²) < 4.78 is 10.6. The number of Topliss-reactive ketones (excluding diaryl/α,β-unsaturated/α-hetero) is 1. The third-order valence-electron chi connectivity index (χ3n) is 3.15. The molecule has 0 aromatic heterocycles. The quantitative estimate of drug-likeness (QED) is 0.655. The average Bonchev–Trinajstić information content (AvgIpc) is 2.31. The van der Waals surface area contributed by atoms with Crippen molar-refractivity contribution >= 4 is 5.78 Å². The highest BCUT2D eigenvalue weighted by Gasteiger charge is 2.31. The molecular formula is C11H20N2O3. The molecule has 2 aliphatic rings. The van der Waals surface area contributed by atoms with Gasteiger partial charge in [-0.25, -0.2) is 0 Å². The number of ketones is 1. The fraction of sp³-hybridized carbons (Fsp3) is 0.909. The standard InChI is InChI=1S/C11H20N2O3/c1-10(14)11(12-2-6-15-7-3-12)13-4-8-16-9-5-13/h11H,2-9H2,1H3. The van der Waals surface area contributed by atoms with Gasteiger partial charge >= 0.3 is 0 Å². The molecule has 0 radical (unpaired) electrons. The van der Waals surface area contributed by atoms with E-state index in [1.165, 1.54) is 0 Å². The highest BCUT2D eigenvalue weighted by Crippen LogP contribution is 2.12. The van der Waals surface area contributed by atoms with Crippen LogP contribution in [0, 0.1) is 0 Å². The molecule has 5 nitrogen and oxygen atoms in total. The maximum absolute atomic E-state index is 11.8. The second-order valence-electron chi connectivity index (χ2n) is 4.28. The third kappa shape index (κ3) is 2.79. The van der Waals surface area contributed by atoms with E-state index in [9.17, 15) is 4.79 Å². The first-order chi connectivity index (χ1) is 7.79. The Bertz CT molecular complexity index is 217. The van der Waals surface area contributed by atoms with Crippen molar-refractivity contribution in [3.63, 3.8) is 0 Å². The van der Waals surface area contributed by atoms with E-state index in [2.05, 4.69) is 9.80 Å². The van der Waals surface area contributed by atoms with Gasteiger partial charge in [-0.2, -0.15) is 0 Å². The maximum atomic E-state index is 11.8. The number of hydrogen-bond donors (Lipinski definition) is 0. The van der Waals surface area contributed by atoms with Crippen LogP contribution in [0.1, 0.15) is 6.92 Å². The van der Waals surface area contributed by atoms with Gasteiger partial charge in [-0.3, -0.25) is 14.6 Å². The zero-order valence-electron chi connectivity index (χ0n) is 9.85. The van der Waals surface area contributed by atoms with Crippen LogP contribution in [0.5, 0.6) is 0 Å². The summed E-state index contributed by atoms with van der Waals surface area (Å²) in [6.07, 6.45) is -0.0761. The molecule has 16 heavy (non-hydrogen) atoms. The lowest BCUT2D eigenvalue weighted by molar-refractivity contribution is -0.136. The number of carbonyl (C=O) groups is 1. The molecule has 0 aromatic rings. The Balaban J connectivity index is 1.99. The number of morpholine rings is 2.